The summed E-state index contributed by atoms with van der Waals surface area (Å²) in [7, 11) is 0. The van der Waals surface area contributed by atoms with Gasteiger partial charge in [-0.2, -0.15) is 4.98 Å². The predicted molar refractivity (Wildman–Crippen MR) is 81.6 cm³/mol. The van der Waals surface area contributed by atoms with Crippen LogP contribution in [0.15, 0.2) is 28.8 Å². The van der Waals surface area contributed by atoms with E-state index in [1.807, 2.05) is 0 Å². The molecule has 0 aliphatic carbocycles. The summed E-state index contributed by atoms with van der Waals surface area (Å²) in [6.45, 7) is 4.40. The Morgan fingerprint density at radius 1 is 0.900 bits per heavy atom. The monoisotopic (exact) mass is 272 g/mol. The van der Waals surface area contributed by atoms with Crippen molar-refractivity contribution in [1.82, 2.24) is 10.1 Å². The Hall–Kier alpha value is -1.64. The van der Waals surface area contributed by atoms with Gasteiger partial charge in [0.15, 0.2) is 5.82 Å². The van der Waals surface area contributed by atoms with Gasteiger partial charge in [-0.3, -0.25) is 0 Å². The van der Waals surface area contributed by atoms with Crippen molar-refractivity contribution in [2.75, 3.05) is 0 Å². The van der Waals surface area contributed by atoms with Gasteiger partial charge in [-0.15, -0.1) is 0 Å². The molecule has 1 aromatic heterocycles. The van der Waals surface area contributed by atoms with E-state index in [0.717, 1.165) is 37.1 Å². The van der Waals surface area contributed by atoms with Crippen LogP contribution in [0.3, 0.4) is 0 Å². The van der Waals surface area contributed by atoms with Crippen molar-refractivity contribution in [2.24, 2.45) is 0 Å². The first kappa shape index (κ1) is 14.8. The maximum Gasteiger partial charge on any atom is 0.257 e. The molecule has 0 atom stereocenters. The number of unbranched alkanes of at least 4 members (excludes halogenated alkanes) is 3. The number of rotatable bonds is 8. The standard InChI is InChI=1S/C17H24N2O/c1-3-5-7-8-14-10-12-15(13-11-14)17-18-16(19-20-17)9-6-4-2/h10-13H,3-9H2,1-2H3. The quantitative estimate of drug-likeness (QED) is 0.647. The molecule has 0 saturated carbocycles. The zero-order chi connectivity index (χ0) is 14.2. The number of nitrogens with zero attached hydrogens (tertiary/aromatic N) is 2. The normalized spacial score (nSPS) is 10.9. The van der Waals surface area contributed by atoms with Crippen LogP contribution in [-0.2, 0) is 12.8 Å². The van der Waals surface area contributed by atoms with Crippen molar-refractivity contribution >= 4 is 0 Å². The van der Waals surface area contributed by atoms with Gasteiger partial charge in [0.1, 0.15) is 0 Å². The van der Waals surface area contributed by atoms with Crippen LogP contribution in [0.25, 0.3) is 11.5 Å². The minimum atomic E-state index is 0.635. The molecule has 0 radical (unpaired) electrons. The van der Waals surface area contributed by atoms with Crippen LogP contribution < -0.4 is 0 Å². The first-order chi connectivity index (χ1) is 9.83. The Kier molecular flexibility index (Phi) is 5.78. The zero-order valence-electron chi connectivity index (χ0n) is 12.6. The summed E-state index contributed by atoms with van der Waals surface area (Å²) in [6.07, 6.45) is 8.13. The highest BCUT2D eigenvalue weighted by molar-refractivity contribution is 5.53. The molecular formula is C17H24N2O. The van der Waals surface area contributed by atoms with E-state index in [4.69, 9.17) is 4.52 Å². The topological polar surface area (TPSA) is 38.9 Å². The maximum absolute atomic E-state index is 5.33. The van der Waals surface area contributed by atoms with Crippen molar-refractivity contribution in [3.63, 3.8) is 0 Å². The molecule has 3 nitrogen and oxygen atoms in total. The van der Waals surface area contributed by atoms with Crippen LogP contribution in [0.5, 0.6) is 0 Å². The fourth-order valence-corrected chi connectivity index (χ4v) is 2.20. The molecule has 0 fully saturated rings. The van der Waals surface area contributed by atoms with Gasteiger partial charge in [-0.25, -0.2) is 0 Å². The van der Waals surface area contributed by atoms with Crippen molar-refractivity contribution in [3.05, 3.63) is 35.7 Å². The van der Waals surface area contributed by atoms with Gasteiger partial charge in [-0.05, 0) is 37.0 Å². The molecule has 1 aromatic carbocycles. The molecule has 20 heavy (non-hydrogen) atoms. The van der Waals surface area contributed by atoms with Gasteiger partial charge < -0.3 is 4.52 Å². The Labute approximate surface area is 121 Å². The van der Waals surface area contributed by atoms with Crippen LogP contribution >= 0.6 is 0 Å². The van der Waals surface area contributed by atoms with E-state index >= 15 is 0 Å². The lowest BCUT2D eigenvalue weighted by Crippen LogP contribution is -1.88. The molecular weight excluding hydrogens is 248 g/mol. The molecule has 0 spiro atoms. The minimum absolute atomic E-state index is 0.635. The Bertz CT molecular complexity index is 502. The largest absolute Gasteiger partial charge is 0.334 e. The van der Waals surface area contributed by atoms with E-state index in [1.165, 1.54) is 24.8 Å². The second-order valence-corrected chi connectivity index (χ2v) is 5.27. The number of hydrogen-bond donors (Lipinski definition) is 0. The Morgan fingerprint density at radius 2 is 1.65 bits per heavy atom. The molecule has 0 bridgehead atoms. The maximum atomic E-state index is 5.33. The summed E-state index contributed by atoms with van der Waals surface area (Å²) in [4.78, 5) is 4.45. The number of benzene rings is 1. The minimum Gasteiger partial charge on any atom is -0.334 e. The van der Waals surface area contributed by atoms with Gasteiger partial charge in [0.2, 0.25) is 0 Å². The summed E-state index contributed by atoms with van der Waals surface area (Å²) in [6, 6.07) is 8.50. The first-order valence-electron chi connectivity index (χ1n) is 7.75. The lowest BCUT2D eigenvalue weighted by molar-refractivity contribution is 0.421. The molecule has 0 N–H and O–H groups in total. The molecule has 0 saturated heterocycles. The van der Waals surface area contributed by atoms with E-state index in [1.54, 1.807) is 0 Å². The Morgan fingerprint density at radius 3 is 2.35 bits per heavy atom. The van der Waals surface area contributed by atoms with Crippen LogP contribution in [-0.4, -0.2) is 10.1 Å². The van der Waals surface area contributed by atoms with Crippen LogP contribution in [0, 0.1) is 0 Å². The van der Waals surface area contributed by atoms with E-state index in [-0.39, 0.29) is 0 Å². The summed E-state index contributed by atoms with van der Waals surface area (Å²) in [5.41, 5.74) is 2.40. The third-order valence-corrected chi connectivity index (χ3v) is 3.49. The Balaban J connectivity index is 1.96. The average Bonchev–Trinajstić information content (AvgIpc) is 2.95. The van der Waals surface area contributed by atoms with Crippen LogP contribution in [0.2, 0.25) is 0 Å². The lowest BCUT2D eigenvalue weighted by Gasteiger charge is -2.01. The van der Waals surface area contributed by atoms with E-state index < -0.39 is 0 Å². The van der Waals surface area contributed by atoms with Gasteiger partial charge in [0.25, 0.3) is 5.89 Å². The summed E-state index contributed by atoms with van der Waals surface area (Å²) in [5, 5.41) is 4.03. The summed E-state index contributed by atoms with van der Waals surface area (Å²) in [5.74, 6) is 1.45. The highest BCUT2D eigenvalue weighted by atomic mass is 16.5. The smallest absolute Gasteiger partial charge is 0.257 e. The molecule has 1 heterocycles. The van der Waals surface area contributed by atoms with E-state index in [9.17, 15) is 0 Å². The van der Waals surface area contributed by atoms with Gasteiger partial charge in [0, 0.05) is 12.0 Å². The van der Waals surface area contributed by atoms with Crippen LogP contribution in [0.4, 0.5) is 0 Å². The molecule has 0 aliphatic heterocycles. The highest BCUT2D eigenvalue weighted by Crippen LogP contribution is 2.19. The molecule has 2 rings (SSSR count). The van der Waals surface area contributed by atoms with E-state index in [0.29, 0.717) is 5.89 Å². The van der Waals surface area contributed by atoms with E-state index in [2.05, 4.69) is 48.3 Å². The molecule has 108 valence electrons. The number of hydrogen-bond acceptors (Lipinski definition) is 3. The van der Waals surface area contributed by atoms with Crippen molar-refractivity contribution in [1.29, 1.82) is 0 Å². The van der Waals surface area contributed by atoms with Crippen molar-refractivity contribution < 1.29 is 4.52 Å². The predicted octanol–water partition coefficient (Wildman–Crippen LogP) is 4.81. The van der Waals surface area contributed by atoms with Crippen molar-refractivity contribution in [2.45, 2.75) is 58.8 Å². The SMILES string of the molecule is CCCCCc1ccc(-c2nc(CCCC)no2)cc1. The molecule has 0 unspecified atom stereocenters. The van der Waals surface area contributed by atoms with Crippen LogP contribution in [0.1, 0.15) is 57.3 Å². The number of aromatic nitrogens is 2. The van der Waals surface area contributed by atoms with Crippen molar-refractivity contribution in [3.8, 4) is 11.5 Å². The number of aryl methyl sites for hydroxylation is 2. The van der Waals surface area contributed by atoms with Gasteiger partial charge >= 0.3 is 0 Å². The third kappa shape index (κ3) is 4.19. The third-order valence-electron chi connectivity index (χ3n) is 3.49. The first-order valence-corrected chi connectivity index (χ1v) is 7.75. The fraction of sp³-hybridized carbons (Fsp3) is 0.529. The molecule has 0 aliphatic rings. The lowest BCUT2D eigenvalue weighted by atomic mass is 10.1. The molecule has 0 amide bonds. The average molecular weight is 272 g/mol. The molecule has 3 heteroatoms. The second-order valence-electron chi connectivity index (χ2n) is 5.27. The highest BCUT2D eigenvalue weighted by Gasteiger charge is 2.08. The summed E-state index contributed by atoms with van der Waals surface area (Å²) >= 11 is 0. The summed E-state index contributed by atoms with van der Waals surface area (Å²) < 4.78 is 5.33. The zero-order valence-corrected chi connectivity index (χ0v) is 12.6. The fourth-order valence-electron chi connectivity index (χ4n) is 2.20. The second kappa shape index (κ2) is 7.83. The molecule has 2 aromatic rings. The van der Waals surface area contributed by atoms with Gasteiger partial charge in [0.05, 0.1) is 0 Å². The van der Waals surface area contributed by atoms with Gasteiger partial charge in [-0.1, -0.05) is 50.4 Å².